The quantitative estimate of drug-likeness (QED) is 0.174. The number of fused-ring (bicyclic) bond motifs is 1. The number of benzene rings is 3. The van der Waals surface area contributed by atoms with Gasteiger partial charge in [0.15, 0.2) is 0 Å². The standard InChI is InChI=1S/C27H19F4I2NO4/c28-19-3-1-2-15(10-19)6-9-23(35)34-13-20-17(12-22(34)26(36)37)11-21(32)25(24(20)33)38-14-16-4-7-18(8-5-16)27(29,30)31/h1-11,22H,12-14H2,(H,36,37)/b9-6+/t22-/m0/s1. The first kappa shape index (κ1) is 28.3. The van der Waals surface area contributed by atoms with E-state index in [1.807, 2.05) is 0 Å². The van der Waals surface area contributed by atoms with Gasteiger partial charge in [-0.2, -0.15) is 13.2 Å². The summed E-state index contributed by atoms with van der Waals surface area (Å²) in [5.74, 6) is -1.63. The van der Waals surface area contributed by atoms with Crippen molar-refractivity contribution >= 4 is 63.1 Å². The van der Waals surface area contributed by atoms with Crippen molar-refractivity contribution in [2.45, 2.75) is 31.8 Å². The maximum atomic E-state index is 13.5. The Morgan fingerprint density at radius 2 is 1.82 bits per heavy atom. The fourth-order valence-electron chi connectivity index (χ4n) is 4.04. The molecule has 1 aliphatic heterocycles. The molecular formula is C27H19F4I2NO4. The Labute approximate surface area is 242 Å². The van der Waals surface area contributed by atoms with E-state index in [1.54, 1.807) is 12.1 Å². The number of hydrogen-bond donors (Lipinski definition) is 1. The smallest absolute Gasteiger partial charge is 0.416 e. The van der Waals surface area contributed by atoms with Crippen molar-refractivity contribution in [1.29, 1.82) is 0 Å². The zero-order valence-corrected chi connectivity index (χ0v) is 23.8. The van der Waals surface area contributed by atoms with Gasteiger partial charge in [-0.3, -0.25) is 4.79 Å². The lowest BCUT2D eigenvalue weighted by Gasteiger charge is -2.35. The van der Waals surface area contributed by atoms with Crippen molar-refractivity contribution in [3.63, 3.8) is 0 Å². The topological polar surface area (TPSA) is 66.8 Å². The second kappa shape index (κ2) is 11.6. The number of nitrogens with zero attached hydrogens (tertiary/aromatic N) is 1. The van der Waals surface area contributed by atoms with Crippen LogP contribution in [0, 0.1) is 13.0 Å². The highest BCUT2D eigenvalue weighted by molar-refractivity contribution is 14.1. The molecular weight excluding hydrogens is 732 g/mol. The third kappa shape index (κ3) is 6.47. The highest BCUT2D eigenvalue weighted by atomic mass is 127. The van der Waals surface area contributed by atoms with Crippen molar-refractivity contribution in [1.82, 2.24) is 4.90 Å². The van der Waals surface area contributed by atoms with Crippen molar-refractivity contribution in [2.24, 2.45) is 0 Å². The Morgan fingerprint density at radius 1 is 1.11 bits per heavy atom. The van der Waals surface area contributed by atoms with E-state index < -0.39 is 35.5 Å². The van der Waals surface area contributed by atoms with Crippen LogP contribution in [-0.4, -0.2) is 27.9 Å². The van der Waals surface area contributed by atoms with Crippen LogP contribution in [0.4, 0.5) is 17.6 Å². The van der Waals surface area contributed by atoms with E-state index in [9.17, 15) is 32.3 Å². The van der Waals surface area contributed by atoms with Crippen molar-refractivity contribution < 1.29 is 37.0 Å². The summed E-state index contributed by atoms with van der Waals surface area (Å²) in [7, 11) is 0. The van der Waals surface area contributed by atoms with Crippen LogP contribution < -0.4 is 4.74 Å². The molecule has 4 rings (SSSR count). The molecule has 0 saturated heterocycles. The lowest BCUT2D eigenvalue weighted by atomic mass is 9.93. The molecule has 5 nitrogen and oxygen atoms in total. The fourth-order valence-corrected chi connectivity index (χ4v) is 6.32. The summed E-state index contributed by atoms with van der Waals surface area (Å²) in [4.78, 5) is 26.3. The molecule has 38 heavy (non-hydrogen) atoms. The molecule has 1 N–H and O–H groups in total. The number of carbonyl (C=O) groups is 2. The van der Waals surface area contributed by atoms with Crippen molar-refractivity contribution in [2.75, 3.05) is 0 Å². The number of ether oxygens (including phenoxy) is 1. The van der Waals surface area contributed by atoms with Gasteiger partial charge < -0.3 is 14.7 Å². The molecule has 0 spiro atoms. The maximum absolute atomic E-state index is 13.5. The van der Waals surface area contributed by atoms with E-state index in [1.165, 1.54) is 47.4 Å². The number of alkyl halides is 3. The van der Waals surface area contributed by atoms with Crippen LogP contribution in [-0.2, 0) is 35.3 Å². The zero-order chi connectivity index (χ0) is 27.6. The molecule has 0 radical (unpaired) electrons. The van der Waals surface area contributed by atoms with Crippen molar-refractivity contribution in [3.8, 4) is 5.75 Å². The molecule has 0 fully saturated rings. The first-order valence-corrected chi connectivity index (χ1v) is 13.4. The highest BCUT2D eigenvalue weighted by Crippen LogP contribution is 2.38. The van der Waals surface area contributed by atoms with Gasteiger partial charge in [-0.1, -0.05) is 24.3 Å². The molecule has 3 aromatic carbocycles. The molecule has 0 unspecified atom stereocenters. The fraction of sp³-hybridized carbons (Fsp3) is 0.185. The van der Waals surface area contributed by atoms with E-state index in [0.717, 1.165) is 23.3 Å². The van der Waals surface area contributed by atoms with Gasteiger partial charge in [-0.25, -0.2) is 9.18 Å². The van der Waals surface area contributed by atoms with Crippen LogP contribution in [0.15, 0.2) is 60.7 Å². The third-order valence-corrected chi connectivity index (χ3v) is 7.93. The summed E-state index contributed by atoms with van der Waals surface area (Å²) in [6, 6.07) is 11.1. The van der Waals surface area contributed by atoms with E-state index >= 15 is 0 Å². The predicted octanol–water partition coefficient (Wildman–Crippen LogP) is 6.68. The average Bonchev–Trinajstić information content (AvgIpc) is 2.86. The number of hydrogen-bond acceptors (Lipinski definition) is 3. The van der Waals surface area contributed by atoms with Gasteiger partial charge in [-0.05, 0) is 104 Å². The number of carbonyl (C=O) groups excluding carboxylic acids is 1. The van der Waals surface area contributed by atoms with Crippen LogP contribution in [0.1, 0.15) is 27.8 Å². The number of aliphatic carboxylic acids is 1. The van der Waals surface area contributed by atoms with Gasteiger partial charge in [0.2, 0.25) is 5.91 Å². The number of carboxylic acid groups (broad SMARTS) is 1. The van der Waals surface area contributed by atoms with Gasteiger partial charge in [0, 0.05) is 19.0 Å². The Kier molecular flexibility index (Phi) is 8.65. The lowest BCUT2D eigenvalue weighted by molar-refractivity contribution is -0.149. The first-order valence-electron chi connectivity index (χ1n) is 11.2. The minimum absolute atomic E-state index is 0.0183. The van der Waals surface area contributed by atoms with Gasteiger partial charge in [0.05, 0.1) is 12.7 Å². The molecule has 1 atom stereocenters. The van der Waals surface area contributed by atoms with Crippen LogP contribution in [0.5, 0.6) is 5.75 Å². The van der Waals surface area contributed by atoms with Crippen LogP contribution >= 0.6 is 45.2 Å². The number of amides is 1. The molecule has 0 saturated carbocycles. The number of halogens is 6. The highest BCUT2D eigenvalue weighted by Gasteiger charge is 2.36. The molecule has 0 bridgehead atoms. The molecule has 0 aromatic heterocycles. The van der Waals surface area contributed by atoms with E-state index in [-0.39, 0.29) is 19.6 Å². The predicted molar refractivity (Wildman–Crippen MR) is 149 cm³/mol. The summed E-state index contributed by atoms with van der Waals surface area (Å²) >= 11 is 4.14. The largest absolute Gasteiger partial charge is 0.487 e. The normalized spacial score (nSPS) is 15.4. The monoisotopic (exact) mass is 751 g/mol. The van der Waals surface area contributed by atoms with Crippen molar-refractivity contribution in [3.05, 3.63) is 101 Å². The van der Waals surface area contributed by atoms with Crippen LogP contribution in [0.3, 0.4) is 0 Å². The van der Waals surface area contributed by atoms with E-state index in [2.05, 4.69) is 45.2 Å². The molecule has 11 heteroatoms. The van der Waals surface area contributed by atoms with Crippen LogP contribution in [0.25, 0.3) is 6.08 Å². The SMILES string of the molecule is O=C(O)[C@@H]1Cc2cc(I)c(OCc3ccc(C(F)(F)F)cc3)c(I)c2CN1C(=O)/C=C/c1cccc(F)c1. The molecule has 0 aliphatic carbocycles. The molecule has 198 valence electrons. The van der Waals surface area contributed by atoms with Gasteiger partial charge in [0.1, 0.15) is 24.2 Å². The minimum Gasteiger partial charge on any atom is -0.487 e. The molecule has 3 aromatic rings. The average molecular weight is 751 g/mol. The summed E-state index contributed by atoms with van der Waals surface area (Å²) in [5.41, 5.74) is 1.77. The zero-order valence-electron chi connectivity index (χ0n) is 19.4. The Hall–Kier alpha value is -2.68. The lowest BCUT2D eigenvalue weighted by Crippen LogP contribution is -2.48. The summed E-state index contributed by atoms with van der Waals surface area (Å²) in [5, 5.41) is 9.81. The van der Waals surface area contributed by atoms with Gasteiger partial charge in [-0.15, -0.1) is 0 Å². The van der Waals surface area contributed by atoms with Crippen LogP contribution in [0.2, 0.25) is 0 Å². The second-order valence-corrected chi connectivity index (χ2v) is 10.8. The second-order valence-electron chi connectivity index (χ2n) is 8.54. The summed E-state index contributed by atoms with van der Waals surface area (Å²) in [6.45, 7) is 0.0458. The molecule has 1 aliphatic rings. The maximum Gasteiger partial charge on any atom is 0.416 e. The molecule has 1 amide bonds. The van der Waals surface area contributed by atoms with Gasteiger partial charge in [0.25, 0.3) is 0 Å². The summed E-state index contributed by atoms with van der Waals surface area (Å²) in [6.07, 6.45) is -1.68. The Morgan fingerprint density at radius 3 is 2.45 bits per heavy atom. The minimum atomic E-state index is -4.42. The summed E-state index contributed by atoms with van der Waals surface area (Å²) < 4.78 is 59.3. The number of rotatable bonds is 6. The first-order chi connectivity index (χ1) is 17.9. The Balaban J connectivity index is 1.57. The van der Waals surface area contributed by atoms with E-state index in [4.69, 9.17) is 4.74 Å². The van der Waals surface area contributed by atoms with Gasteiger partial charge >= 0.3 is 12.1 Å². The number of carboxylic acids is 1. The third-order valence-electron chi connectivity index (χ3n) is 5.99. The molecule has 1 heterocycles. The Bertz CT molecular complexity index is 1410. The van der Waals surface area contributed by atoms with E-state index in [0.29, 0.717) is 24.0 Å².